The zero-order chi connectivity index (χ0) is 17.9. The summed E-state index contributed by atoms with van der Waals surface area (Å²) in [5.41, 5.74) is 0. The van der Waals surface area contributed by atoms with Crippen molar-refractivity contribution in [2.45, 2.75) is 25.5 Å². The highest BCUT2D eigenvalue weighted by atomic mass is 35.5. The van der Waals surface area contributed by atoms with Crippen LogP contribution in [0.15, 0.2) is 47.1 Å². The monoisotopic (exact) mass is 374 g/mol. The maximum absolute atomic E-state index is 12.8. The number of ether oxygens (including phenoxy) is 1. The Balaban J connectivity index is 1.26. The van der Waals surface area contributed by atoms with Crippen LogP contribution in [0.25, 0.3) is 0 Å². The number of carbonyl (C=O) groups is 1. The lowest BCUT2D eigenvalue weighted by Gasteiger charge is -2.42. The number of hydrogen-bond acceptors (Lipinski definition) is 4. The van der Waals surface area contributed by atoms with Crippen LogP contribution in [0.1, 0.15) is 18.6 Å². The van der Waals surface area contributed by atoms with E-state index in [0.29, 0.717) is 23.9 Å². The molecule has 1 aromatic heterocycles. The van der Waals surface area contributed by atoms with Gasteiger partial charge in [-0.1, -0.05) is 23.7 Å². The van der Waals surface area contributed by atoms with E-state index in [1.165, 1.54) is 0 Å². The van der Waals surface area contributed by atoms with E-state index < -0.39 is 0 Å². The fraction of sp³-hybridized carbons (Fsp3) is 0.450. The highest BCUT2D eigenvalue weighted by molar-refractivity contribution is 6.32. The van der Waals surface area contributed by atoms with Crippen LogP contribution in [0.3, 0.4) is 0 Å². The van der Waals surface area contributed by atoms with Gasteiger partial charge in [0.05, 0.1) is 36.8 Å². The van der Waals surface area contributed by atoms with Crippen LogP contribution in [0.4, 0.5) is 0 Å². The van der Waals surface area contributed by atoms with Gasteiger partial charge in [-0.2, -0.15) is 0 Å². The van der Waals surface area contributed by atoms with Gasteiger partial charge in [0.15, 0.2) is 0 Å². The third kappa shape index (κ3) is 3.89. The van der Waals surface area contributed by atoms with E-state index in [9.17, 15) is 4.79 Å². The topological polar surface area (TPSA) is 45.9 Å². The molecule has 3 heterocycles. The lowest BCUT2D eigenvalue weighted by Crippen LogP contribution is -2.59. The zero-order valence-electron chi connectivity index (χ0n) is 14.6. The first-order valence-electron chi connectivity index (χ1n) is 9.14. The minimum atomic E-state index is 0.0293. The summed E-state index contributed by atoms with van der Waals surface area (Å²) in [6, 6.07) is 11.3. The largest absolute Gasteiger partial charge is 0.485 e. The first-order chi connectivity index (χ1) is 12.7. The molecule has 6 heteroatoms. The molecular weight excluding hydrogens is 352 g/mol. The van der Waals surface area contributed by atoms with Crippen molar-refractivity contribution < 1.29 is 13.9 Å². The van der Waals surface area contributed by atoms with Crippen molar-refractivity contribution in [1.82, 2.24) is 9.80 Å². The van der Waals surface area contributed by atoms with Gasteiger partial charge in [0.2, 0.25) is 5.91 Å². The maximum atomic E-state index is 12.8. The summed E-state index contributed by atoms with van der Waals surface area (Å²) in [4.78, 5) is 17.0. The molecule has 26 heavy (non-hydrogen) atoms. The van der Waals surface area contributed by atoms with Crippen molar-refractivity contribution in [3.8, 4) is 5.75 Å². The summed E-state index contributed by atoms with van der Waals surface area (Å²) in [5, 5.41) is 0.609. The van der Waals surface area contributed by atoms with E-state index in [1.807, 2.05) is 41.3 Å². The minimum Gasteiger partial charge on any atom is -0.485 e. The van der Waals surface area contributed by atoms with Gasteiger partial charge in [0.1, 0.15) is 17.6 Å². The Kier molecular flexibility index (Phi) is 5.18. The van der Waals surface area contributed by atoms with Gasteiger partial charge in [-0.3, -0.25) is 9.69 Å². The number of hydrogen-bond donors (Lipinski definition) is 0. The van der Waals surface area contributed by atoms with Gasteiger partial charge in [-0.05, 0) is 43.7 Å². The maximum Gasteiger partial charge on any atom is 0.227 e. The molecular formula is C20H23ClN2O3. The van der Waals surface area contributed by atoms with Crippen molar-refractivity contribution in [2.75, 3.05) is 26.2 Å². The van der Waals surface area contributed by atoms with E-state index in [-0.39, 0.29) is 17.9 Å². The van der Waals surface area contributed by atoms with E-state index in [1.54, 1.807) is 6.26 Å². The molecule has 2 fully saturated rings. The lowest BCUT2D eigenvalue weighted by atomic mass is 9.94. The number of nitrogens with zero attached hydrogens (tertiary/aromatic N) is 2. The molecule has 0 radical (unpaired) electrons. The standard InChI is InChI=1S/C20H23ClN2O3/c21-18-7-1-2-8-19(18)26-17-13-23(14-17)20(24)15-5-3-9-22(11-15)12-16-6-4-10-25-16/h1-2,4,6-8,10,15,17H,3,5,9,11-14H2/t15-/m0/s1. The van der Waals surface area contributed by atoms with Crippen molar-refractivity contribution in [3.63, 3.8) is 0 Å². The number of halogens is 1. The molecule has 1 atom stereocenters. The number of likely N-dealkylation sites (tertiary alicyclic amines) is 2. The number of furan rings is 1. The average molecular weight is 375 g/mol. The molecule has 0 N–H and O–H groups in total. The molecule has 4 rings (SSSR count). The van der Waals surface area contributed by atoms with Gasteiger partial charge in [0, 0.05) is 6.54 Å². The van der Waals surface area contributed by atoms with Crippen LogP contribution in [0.5, 0.6) is 5.75 Å². The quantitative estimate of drug-likeness (QED) is 0.804. The molecule has 0 spiro atoms. The number of piperidine rings is 1. The number of benzene rings is 1. The first-order valence-corrected chi connectivity index (χ1v) is 9.51. The second kappa shape index (κ2) is 7.72. The fourth-order valence-corrected chi connectivity index (χ4v) is 3.87. The number of rotatable bonds is 5. The summed E-state index contributed by atoms with van der Waals surface area (Å²) in [7, 11) is 0. The van der Waals surface area contributed by atoms with Crippen molar-refractivity contribution >= 4 is 17.5 Å². The first kappa shape index (κ1) is 17.4. The molecule has 0 unspecified atom stereocenters. The molecule has 2 aromatic rings. The molecule has 0 aliphatic carbocycles. The summed E-state index contributed by atoms with van der Waals surface area (Å²) in [5.74, 6) is 1.96. The Morgan fingerprint density at radius 1 is 1.19 bits per heavy atom. The Labute approximate surface area is 158 Å². The molecule has 2 aliphatic heterocycles. The van der Waals surface area contributed by atoms with E-state index >= 15 is 0 Å². The van der Waals surface area contributed by atoms with Crippen LogP contribution in [0.2, 0.25) is 5.02 Å². The van der Waals surface area contributed by atoms with Gasteiger partial charge in [-0.25, -0.2) is 0 Å². The smallest absolute Gasteiger partial charge is 0.227 e. The van der Waals surface area contributed by atoms with Crippen LogP contribution in [-0.2, 0) is 11.3 Å². The Morgan fingerprint density at radius 3 is 2.81 bits per heavy atom. The fourth-order valence-electron chi connectivity index (χ4n) is 3.69. The van der Waals surface area contributed by atoms with Crippen molar-refractivity contribution in [3.05, 3.63) is 53.4 Å². The molecule has 1 aromatic carbocycles. The molecule has 0 bridgehead atoms. The lowest BCUT2D eigenvalue weighted by molar-refractivity contribution is -0.146. The zero-order valence-corrected chi connectivity index (χ0v) is 15.4. The van der Waals surface area contributed by atoms with Crippen LogP contribution >= 0.6 is 11.6 Å². The van der Waals surface area contributed by atoms with Gasteiger partial charge in [0.25, 0.3) is 0 Å². The predicted octanol–water partition coefficient (Wildman–Crippen LogP) is 3.43. The van der Waals surface area contributed by atoms with E-state index in [2.05, 4.69) is 4.90 Å². The average Bonchev–Trinajstić information content (AvgIpc) is 3.12. The van der Waals surface area contributed by atoms with Crippen LogP contribution < -0.4 is 4.74 Å². The highest BCUT2D eigenvalue weighted by Gasteiger charge is 2.37. The third-order valence-corrected chi connectivity index (χ3v) is 5.42. The van der Waals surface area contributed by atoms with E-state index in [0.717, 1.165) is 38.2 Å². The van der Waals surface area contributed by atoms with Gasteiger partial charge in [-0.15, -0.1) is 0 Å². The van der Waals surface area contributed by atoms with Gasteiger partial charge >= 0.3 is 0 Å². The summed E-state index contributed by atoms with van der Waals surface area (Å²) in [6.45, 7) is 3.86. The van der Waals surface area contributed by atoms with E-state index in [4.69, 9.17) is 20.8 Å². The number of carbonyl (C=O) groups excluding carboxylic acids is 1. The van der Waals surface area contributed by atoms with Crippen molar-refractivity contribution in [2.24, 2.45) is 5.92 Å². The summed E-state index contributed by atoms with van der Waals surface area (Å²) < 4.78 is 11.3. The van der Waals surface area contributed by atoms with Gasteiger partial charge < -0.3 is 14.1 Å². The second-order valence-corrected chi connectivity index (χ2v) is 7.47. The Bertz CT molecular complexity index is 743. The highest BCUT2D eigenvalue weighted by Crippen LogP contribution is 2.28. The molecule has 5 nitrogen and oxygen atoms in total. The molecule has 2 saturated heterocycles. The SMILES string of the molecule is O=C([C@H]1CCCN(Cc2ccco2)C1)N1CC(Oc2ccccc2Cl)C1. The van der Waals surface area contributed by atoms with Crippen molar-refractivity contribution in [1.29, 1.82) is 0 Å². The Hall–Kier alpha value is -1.98. The molecule has 2 aliphatic rings. The third-order valence-electron chi connectivity index (χ3n) is 5.10. The molecule has 1 amide bonds. The number of amides is 1. The minimum absolute atomic E-state index is 0.0293. The normalized spacial score (nSPS) is 21.4. The van der Waals surface area contributed by atoms with Crippen LogP contribution in [-0.4, -0.2) is 48.0 Å². The molecule has 0 saturated carbocycles. The summed E-state index contributed by atoms with van der Waals surface area (Å²) in [6.07, 6.45) is 3.73. The Morgan fingerprint density at radius 2 is 2.04 bits per heavy atom. The molecule has 138 valence electrons. The second-order valence-electron chi connectivity index (χ2n) is 7.07. The van der Waals surface area contributed by atoms with Crippen LogP contribution in [0, 0.1) is 5.92 Å². The summed E-state index contributed by atoms with van der Waals surface area (Å²) >= 11 is 6.13. The predicted molar refractivity (Wildman–Crippen MR) is 99.2 cm³/mol. The number of para-hydroxylation sites is 1.